The lowest BCUT2D eigenvalue weighted by atomic mass is 10.3. The molecule has 0 bridgehead atoms. The number of hydrogen-bond acceptors (Lipinski definition) is 4. The number of hydrogen-bond donors (Lipinski definition) is 1. The normalized spacial score (nSPS) is 10.8. The van der Waals surface area contributed by atoms with Gasteiger partial charge in [-0.25, -0.2) is 4.98 Å². The minimum atomic E-state index is -0.206. The number of aryl methyl sites for hydroxylation is 1. The molecular weight excluding hydrogens is 336 g/mol. The van der Waals surface area contributed by atoms with Gasteiger partial charge in [0, 0.05) is 13.6 Å². The average molecular weight is 356 g/mol. The van der Waals surface area contributed by atoms with Gasteiger partial charge in [-0.1, -0.05) is 18.2 Å². The quantitative estimate of drug-likeness (QED) is 0.738. The number of nitrogens with one attached hydrogen (secondary N) is 1. The number of carbonyl (C=O) groups is 2. The molecule has 3 rings (SSSR count). The number of thiophene rings is 1. The largest absolute Gasteiger partial charge is 0.347 e. The summed E-state index contributed by atoms with van der Waals surface area (Å²) in [5.74, 6) is 0.456. The summed E-state index contributed by atoms with van der Waals surface area (Å²) in [5, 5.41) is 4.70. The first kappa shape index (κ1) is 17.2. The van der Waals surface area contributed by atoms with Crippen molar-refractivity contribution in [3.63, 3.8) is 0 Å². The lowest BCUT2D eigenvalue weighted by Crippen LogP contribution is -2.38. The number of fused-ring (bicyclic) bond motifs is 1. The molecule has 130 valence electrons. The standard InChI is InChI=1S/C18H20N4O2S/c1-3-22-14-8-5-4-7-13(14)20-16(22)11-19-17(23)12-21(2)18(24)15-9-6-10-25-15/h4-10H,3,11-12H2,1-2H3,(H,19,23). The van der Waals surface area contributed by atoms with Crippen molar-refractivity contribution in [3.05, 3.63) is 52.5 Å². The molecule has 0 unspecified atom stereocenters. The van der Waals surface area contributed by atoms with Crippen LogP contribution in [0.25, 0.3) is 11.0 Å². The van der Waals surface area contributed by atoms with Crippen molar-refractivity contribution in [1.82, 2.24) is 19.8 Å². The van der Waals surface area contributed by atoms with Gasteiger partial charge in [0.25, 0.3) is 5.91 Å². The van der Waals surface area contributed by atoms with Crippen molar-refractivity contribution in [3.8, 4) is 0 Å². The van der Waals surface area contributed by atoms with Crippen molar-refractivity contribution < 1.29 is 9.59 Å². The number of para-hydroxylation sites is 2. The Balaban J connectivity index is 1.62. The molecule has 6 nitrogen and oxygen atoms in total. The lowest BCUT2D eigenvalue weighted by Gasteiger charge is -2.16. The predicted octanol–water partition coefficient (Wildman–Crippen LogP) is 2.51. The van der Waals surface area contributed by atoms with E-state index in [2.05, 4.69) is 14.9 Å². The Kier molecular flexibility index (Phi) is 5.14. The van der Waals surface area contributed by atoms with Gasteiger partial charge in [-0.05, 0) is 30.5 Å². The van der Waals surface area contributed by atoms with E-state index < -0.39 is 0 Å². The number of aromatic nitrogens is 2. The summed E-state index contributed by atoms with van der Waals surface area (Å²) in [6.07, 6.45) is 0. The highest BCUT2D eigenvalue weighted by Gasteiger charge is 2.16. The fraction of sp³-hybridized carbons (Fsp3) is 0.278. The van der Waals surface area contributed by atoms with Gasteiger partial charge in [-0.3, -0.25) is 9.59 Å². The summed E-state index contributed by atoms with van der Waals surface area (Å²) >= 11 is 1.37. The average Bonchev–Trinajstić information content (AvgIpc) is 3.26. The maximum Gasteiger partial charge on any atom is 0.264 e. The van der Waals surface area contributed by atoms with Crippen LogP contribution in [0, 0.1) is 0 Å². The van der Waals surface area contributed by atoms with Gasteiger partial charge in [-0.2, -0.15) is 0 Å². The maximum atomic E-state index is 12.2. The van der Waals surface area contributed by atoms with Crippen LogP contribution in [0.2, 0.25) is 0 Å². The highest BCUT2D eigenvalue weighted by atomic mass is 32.1. The number of amides is 2. The van der Waals surface area contributed by atoms with Gasteiger partial charge in [-0.15, -0.1) is 11.3 Å². The Hall–Kier alpha value is -2.67. The second-order valence-electron chi connectivity index (χ2n) is 5.68. The van der Waals surface area contributed by atoms with E-state index in [-0.39, 0.29) is 18.4 Å². The van der Waals surface area contributed by atoms with Crippen LogP contribution in [-0.4, -0.2) is 39.9 Å². The van der Waals surface area contributed by atoms with E-state index in [0.717, 1.165) is 23.4 Å². The molecule has 2 amide bonds. The van der Waals surface area contributed by atoms with Crippen LogP contribution in [-0.2, 0) is 17.9 Å². The van der Waals surface area contributed by atoms with Crippen molar-refractivity contribution in [2.45, 2.75) is 20.0 Å². The van der Waals surface area contributed by atoms with E-state index in [9.17, 15) is 9.59 Å². The molecule has 3 aromatic rings. The molecule has 0 aliphatic carbocycles. The Morgan fingerprint density at radius 1 is 1.24 bits per heavy atom. The van der Waals surface area contributed by atoms with E-state index in [1.807, 2.05) is 42.6 Å². The Morgan fingerprint density at radius 2 is 2.04 bits per heavy atom. The number of imidazole rings is 1. The molecule has 0 atom stereocenters. The van der Waals surface area contributed by atoms with Gasteiger partial charge in [0.1, 0.15) is 5.82 Å². The molecule has 2 aromatic heterocycles. The summed E-state index contributed by atoms with van der Waals surface area (Å²) in [5.41, 5.74) is 1.97. The van der Waals surface area contributed by atoms with Gasteiger partial charge in [0.15, 0.2) is 0 Å². The topological polar surface area (TPSA) is 67.2 Å². The van der Waals surface area contributed by atoms with E-state index in [1.165, 1.54) is 16.2 Å². The highest BCUT2D eigenvalue weighted by molar-refractivity contribution is 7.12. The molecule has 0 aliphatic heterocycles. The van der Waals surface area contributed by atoms with E-state index in [1.54, 1.807) is 13.1 Å². The Bertz CT molecular complexity index is 886. The molecule has 0 saturated heterocycles. The van der Waals surface area contributed by atoms with Gasteiger partial charge in [0.05, 0.1) is 29.0 Å². The molecule has 0 radical (unpaired) electrons. The number of nitrogens with zero attached hydrogens (tertiary/aromatic N) is 3. The summed E-state index contributed by atoms with van der Waals surface area (Å²) in [7, 11) is 1.63. The number of rotatable bonds is 6. The molecule has 25 heavy (non-hydrogen) atoms. The second kappa shape index (κ2) is 7.48. The van der Waals surface area contributed by atoms with E-state index in [4.69, 9.17) is 0 Å². The van der Waals surface area contributed by atoms with Crippen molar-refractivity contribution >= 4 is 34.2 Å². The third-order valence-electron chi connectivity index (χ3n) is 3.95. The van der Waals surface area contributed by atoms with Crippen molar-refractivity contribution in [2.75, 3.05) is 13.6 Å². The smallest absolute Gasteiger partial charge is 0.264 e. The van der Waals surface area contributed by atoms with Gasteiger partial charge < -0.3 is 14.8 Å². The summed E-state index contributed by atoms with van der Waals surface area (Å²) in [6.45, 7) is 3.18. The minimum Gasteiger partial charge on any atom is -0.347 e. The van der Waals surface area contributed by atoms with Gasteiger partial charge in [0.2, 0.25) is 5.91 Å². The van der Waals surface area contributed by atoms with Crippen molar-refractivity contribution in [2.24, 2.45) is 0 Å². The van der Waals surface area contributed by atoms with Crippen LogP contribution in [0.1, 0.15) is 22.4 Å². The molecule has 0 fully saturated rings. The first-order valence-electron chi connectivity index (χ1n) is 8.10. The SMILES string of the molecule is CCn1c(CNC(=O)CN(C)C(=O)c2cccs2)nc2ccccc21. The van der Waals surface area contributed by atoms with Crippen LogP contribution >= 0.6 is 11.3 Å². The first-order valence-corrected chi connectivity index (χ1v) is 8.98. The molecule has 0 spiro atoms. The second-order valence-corrected chi connectivity index (χ2v) is 6.62. The van der Waals surface area contributed by atoms with Crippen LogP contribution in [0.15, 0.2) is 41.8 Å². The van der Waals surface area contributed by atoms with E-state index in [0.29, 0.717) is 11.4 Å². The first-order chi connectivity index (χ1) is 12.1. The van der Waals surface area contributed by atoms with Gasteiger partial charge >= 0.3 is 0 Å². The Labute approximate surface area is 150 Å². The van der Waals surface area contributed by atoms with Crippen LogP contribution < -0.4 is 5.32 Å². The zero-order chi connectivity index (χ0) is 17.8. The van der Waals surface area contributed by atoms with Crippen LogP contribution in [0.4, 0.5) is 0 Å². The summed E-state index contributed by atoms with van der Waals surface area (Å²) in [6, 6.07) is 11.5. The molecule has 0 aliphatic rings. The molecule has 0 saturated carbocycles. The lowest BCUT2D eigenvalue weighted by molar-refractivity contribution is -0.121. The molecule has 1 N–H and O–H groups in total. The highest BCUT2D eigenvalue weighted by Crippen LogP contribution is 2.15. The number of carbonyl (C=O) groups excluding carboxylic acids is 2. The zero-order valence-corrected chi connectivity index (χ0v) is 15.0. The molecule has 7 heteroatoms. The number of likely N-dealkylation sites (N-methyl/N-ethyl adjacent to an activating group) is 1. The van der Waals surface area contributed by atoms with Crippen LogP contribution in [0.5, 0.6) is 0 Å². The monoisotopic (exact) mass is 356 g/mol. The predicted molar refractivity (Wildman–Crippen MR) is 98.5 cm³/mol. The third kappa shape index (κ3) is 3.71. The molecule has 2 heterocycles. The number of benzene rings is 1. The Morgan fingerprint density at radius 3 is 2.76 bits per heavy atom. The third-order valence-corrected chi connectivity index (χ3v) is 4.81. The fourth-order valence-electron chi connectivity index (χ4n) is 2.72. The minimum absolute atomic E-state index is 0.0170. The summed E-state index contributed by atoms with van der Waals surface area (Å²) < 4.78 is 2.08. The molecule has 1 aromatic carbocycles. The summed E-state index contributed by atoms with van der Waals surface area (Å²) in [4.78, 5) is 31.0. The maximum absolute atomic E-state index is 12.2. The van der Waals surface area contributed by atoms with Crippen molar-refractivity contribution in [1.29, 1.82) is 0 Å². The fourth-order valence-corrected chi connectivity index (χ4v) is 3.44. The van der Waals surface area contributed by atoms with E-state index >= 15 is 0 Å². The molecular formula is C18H20N4O2S. The van der Waals surface area contributed by atoms with Crippen LogP contribution in [0.3, 0.4) is 0 Å². The zero-order valence-electron chi connectivity index (χ0n) is 14.2.